The van der Waals surface area contributed by atoms with Crippen molar-refractivity contribution in [2.75, 3.05) is 4.90 Å². The van der Waals surface area contributed by atoms with Crippen LogP contribution in [0.25, 0.3) is 6.08 Å². The number of imide groups is 1. The van der Waals surface area contributed by atoms with Gasteiger partial charge in [0.25, 0.3) is 11.8 Å². The summed E-state index contributed by atoms with van der Waals surface area (Å²) in [5.41, 5.74) is 2.97. The van der Waals surface area contributed by atoms with Crippen LogP contribution in [-0.4, -0.2) is 26.8 Å². The molecule has 0 bridgehead atoms. The maximum atomic E-state index is 12.7. The van der Waals surface area contributed by atoms with E-state index >= 15 is 0 Å². The van der Waals surface area contributed by atoms with Gasteiger partial charge < -0.3 is 0 Å². The monoisotopic (exact) mass is 311 g/mol. The van der Waals surface area contributed by atoms with Gasteiger partial charge in [0.2, 0.25) is 0 Å². The van der Waals surface area contributed by atoms with E-state index in [0.717, 1.165) is 16.3 Å². The van der Waals surface area contributed by atoms with Gasteiger partial charge in [-0.05, 0) is 25.1 Å². The van der Waals surface area contributed by atoms with Crippen LogP contribution in [0, 0.1) is 6.92 Å². The normalized spacial score (nSPS) is 20.0. The molecular weight excluding hydrogens is 298 g/mol. The summed E-state index contributed by atoms with van der Waals surface area (Å²) in [5, 5.41) is 4.82. The zero-order chi connectivity index (χ0) is 15.4. The smallest absolute Gasteiger partial charge is 0.262 e. The Morgan fingerprint density at radius 2 is 1.91 bits per heavy atom. The number of anilines is 1. The van der Waals surface area contributed by atoms with Gasteiger partial charge in [-0.2, -0.15) is 5.10 Å². The summed E-state index contributed by atoms with van der Waals surface area (Å²) in [6, 6.07) is 9.06. The first-order valence-corrected chi connectivity index (χ1v) is 7.81. The molecule has 2 amide bonds. The first-order chi connectivity index (χ1) is 10.6. The third-order valence-corrected chi connectivity index (χ3v) is 5.33. The number of hydrogen-bond acceptors (Lipinski definition) is 4. The van der Waals surface area contributed by atoms with Gasteiger partial charge >= 0.3 is 0 Å². The molecule has 0 spiro atoms. The van der Waals surface area contributed by atoms with Crippen molar-refractivity contribution < 1.29 is 9.59 Å². The Morgan fingerprint density at radius 3 is 2.64 bits per heavy atom. The number of aromatic nitrogens is 2. The molecule has 1 aromatic heterocycles. The van der Waals surface area contributed by atoms with Crippen molar-refractivity contribution in [2.24, 2.45) is 7.05 Å². The third-order valence-electron chi connectivity index (χ3n) is 3.94. The number of carbonyl (C=O) groups is 2. The summed E-state index contributed by atoms with van der Waals surface area (Å²) in [6.07, 6.45) is 1.82. The molecule has 2 aliphatic rings. The molecule has 2 aliphatic heterocycles. The lowest BCUT2D eigenvalue weighted by Crippen LogP contribution is -2.31. The first kappa shape index (κ1) is 13.3. The molecule has 4 rings (SSSR count). The number of amides is 2. The average Bonchev–Trinajstić information content (AvgIpc) is 2.94. The zero-order valence-corrected chi connectivity index (χ0v) is 12.9. The van der Waals surface area contributed by atoms with Crippen molar-refractivity contribution >= 4 is 35.3 Å². The van der Waals surface area contributed by atoms with Gasteiger partial charge in [0.15, 0.2) is 0 Å². The summed E-state index contributed by atoms with van der Waals surface area (Å²) in [4.78, 5) is 26.6. The first-order valence-electron chi connectivity index (χ1n) is 6.93. The predicted molar refractivity (Wildman–Crippen MR) is 84.5 cm³/mol. The van der Waals surface area contributed by atoms with Crippen molar-refractivity contribution in [3.05, 3.63) is 47.2 Å². The summed E-state index contributed by atoms with van der Waals surface area (Å²) in [7, 11) is 1.86. The molecular formula is C16H13N3O2S. The highest BCUT2D eigenvalue weighted by Gasteiger charge is 2.47. The highest BCUT2D eigenvalue weighted by molar-refractivity contribution is 8.01. The standard InChI is InChI=1S/C16H13N3O2S/c1-9-11-8-12-13(22-16(11)18(2)17-9)15(21)19(14(12)20)10-6-4-3-5-7-10/h3-8,13H,1-2H3. The number of carbonyl (C=O) groups excluding carboxylic acids is 2. The molecule has 0 radical (unpaired) electrons. The molecule has 0 saturated carbocycles. The number of para-hydroxylation sites is 1. The largest absolute Gasteiger partial charge is 0.272 e. The fourth-order valence-electron chi connectivity index (χ4n) is 2.89. The number of aryl methyl sites for hydroxylation is 2. The quantitative estimate of drug-likeness (QED) is 0.757. The molecule has 3 heterocycles. The maximum absolute atomic E-state index is 12.7. The molecule has 0 N–H and O–H groups in total. The topological polar surface area (TPSA) is 55.2 Å². The molecule has 22 heavy (non-hydrogen) atoms. The highest BCUT2D eigenvalue weighted by atomic mass is 32.2. The van der Waals surface area contributed by atoms with E-state index in [1.165, 1.54) is 16.7 Å². The van der Waals surface area contributed by atoms with Gasteiger partial charge in [0, 0.05) is 18.2 Å². The lowest BCUT2D eigenvalue weighted by molar-refractivity contribution is -0.120. The van der Waals surface area contributed by atoms with Crippen molar-refractivity contribution in [3.63, 3.8) is 0 Å². The Hall–Kier alpha value is -2.34. The van der Waals surface area contributed by atoms with Gasteiger partial charge in [-0.25, -0.2) is 4.90 Å². The average molecular weight is 311 g/mol. The van der Waals surface area contributed by atoms with E-state index < -0.39 is 5.25 Å². The second-order valence-corrected chi connectivity index (χ2v) is 6.43. The van der Waals surface area contributed by atoms with Crippen LogP contribution in [-0.2, 0) is 16.6 Å². The number of hydrogen-bond donors (Lipinski definition) is 0. The molecule has 1 saturated heterocycles. The minimum atomic E-state index is -0.477. The molecule has 1 atom stereocenters. The van der Waals surface area contributed by atoms with E-state index in [1.54, 1.807) is 16.8 Å². The summed E-state index contributed by atoms with van der Waals surface area (Å²) in [5.74, 6) is -0.417. The minimum absolute atomic E-state index is 0.183. The van der Waals surface area contributed by atoms with Crippen molar-refractivity contribution in [2.45, 2.75) is 17.2 Å². The Bertz CT molecular complexity index is 839. The van der Waals surface area contributed by atoms with Crippen LogP contribution in [0.15, 0.2) is 40.9 Å². The highest BCUT2D eigenvalue weighted by Crippen LogP contribution is 2.43. The van der Waals surface area contributed by atoms with Crippen molar-refractivity contribution in [1.82, 2.24) is 9.78 Å². The molecule has 1 fully saturated rings. The predicted octanol–water partition coefficient (Wildman–Crippen LogP) is 2.16. The fraction of sp³-hybridized carbons (Fsp3) is 0.188. The van der Waals surface area contributed by atoms with Crippen LogP contribution in [0.5, 0.6) is 0 Å². The Labute approximate surface area is 131 Å². The van der Waals surface area contributed by atoms with E-state index in [4.69, 9.17) is 0 Å². The lowest BCUT2D eigenvalue weighted by Gasteiger charge is -2.15. The molecule has 110 valence electrons. The van der Waals surface area contributed by atoms with Gasteiger partial charge in [-0.1, -0.05) is 30.0 Å². The molecule has 1 aromatic carbocycles. The lowest BCUT2D eigenvalue weighted by atomic mass is 10.1. The number of fused-ring (bicyclic) bond motifs is 2. The number of thioether (sulfide) groups is 1. The maximum Gasteiger partial charge on any atom is 0.262 e. The van der Waals surface area contributed by atoms with Crippen LogP contribution in [0.1, 0.15) is 11.3 Å². The van der Waals surface area contributed by atoms with E-state index in [2.05, 4.69) is 5.10 Å². The molecule has 0 aliphatic carbocycles. The van der Waals surface area contributed by atoms with Crippen LogP contribution >= 0.6 is 11.8 Å². The Morgan fingerprint density at radius 1 is 1.18 bits per heavy atom. The van der Waals surface area contributed by atoms with E-state index in [0.29, 0.717) is 11.3 Å². The second kappa shape index (κ2) is 4.58. The molecule has 6 heteroatoms. The van der Waals surface area contributed by atoms with Gasteiger partial charge in [-0.3, -0.25) is 14.3 Å². The van der Waals surface area contributed by atoms with Gasteiger partial charge in [0.1, 0.15) is 10.3 Å². The van der Waals surface area contributed by atoms with Crippen LogP contribution in [0.3, 0.4) is 0 Å². The zero-order valence-electron chi connectivity index (χ0n) is 12.1. The van der Waals surface area contributed by atoms with Crippen molar-refractivity contribution in [1.29, 1.82) is 0 Å². The Kier molecular flexibility index (Phi) is 2.77. The molecule has 1 unspecified atom stereocenters. The minimum Gasteiger partial charge on any atom is -0.272 e. The van der Waals surface area contributed by atoms with Crippen LogP contribution in [0.2, 0.25) is 0 Å². The van der Waals surface area contributed by atoms with Gasteiger partial charge in [-0.15, -0.1) is 0 Å². The van der Waals surface area contributed by atoms with E-state index in [9.17, 15) is 9.59 Å². The summed E-state index contributed by atoms with van der Waals surface area (Å²) < 4.78 is 1.77. The molecule has 2 aromatic rings. The van der Waals surface area contributed by atoms with Crippen LogP contribution in [0.4, 0.5) is 5.69 Å². The summed E-state index contributed by atoms with van der Waals surface area (Å²) in [6.45, 7) is 1.91. The SMILES string of the molecule is Cc1nn(C)c2c1C=C1C(=O)N(c3ccccc3)C(=O)C1S2. The summed E-state index contributed by atoms with van der Waals surface area (Å²) >= 11 is 1.41. The van der Waals surface area contributed by atoms with E-state index in [-0.39, 0.29) is 11.8 Å². The third kappa shape index (κ3) is 1.70. The fourth-order valence-corrected chi connectivity index (χ4v) is 4.14. The van der Waals surface area contributed by atoms with Crippen LogP contribution < -0.4 is 4.90 Å². The Balaban J connectivity index is 1.82. The van der Waals surface area contributed by atoms with E-state index in [1.807, 2.05) is 38.2 Å². The second-order valence-electron chi connectivity index (χ2n) is 5.34. The number of rotatable bonds is 1. The number of benzene rings is 1. The van der Waals surface area contributed by atoms with Crippen molar-refractivity contribution in [3.8, 4) is 0 Å². The number of nitrogens with zero attached hydrogens (tertiary/aromatic N) is 3. The van der Waals surface area contributed by atoms with Gasteiger partial charge in [0.05, 0.1) is 11.4 Å². The molecule has 5 nitrogen and oxygen atoms in total.